The van der Waals surface area contributed by atoms with Crippen LogP contribution in [0.15, 0.2) is 0 Å². The van der Waals surface area contributed by atoms with Gasteiger partial charge in [0.2, 0.25) is 5.91 Å². The Kier molecular flexibility index (Phi) is 10.6. The maximum absolute atomic E-state index is 12.8. The maximum atomic E-state index is 12.8. The number of nitrogens with zero attached hydrogens (tertiary/aromatic N) is 2. The molecule has 6 nitrogen and oxygen atoms in total. The Labute approximate surface area is 151 Å². The average molecular weight is 372 g/mol. The normalized spacial score (nSPS) is 24.5. The molecule has 2 N–H and O–H groups in total. The number of piperazine rings is 1. The highest BCUT2D eigenvalue weighted by Crippen LogP contribution is 2.23. The highest BCUT2D eigenvalue weighted by atomic mass is 35.5. The van der Waals surface area contributed by atoms with Gasteiger partial charge in [-0.3, -0.25) is 9.69 Å². The van der Waals surface area contributed by atoms with Gasteiger partial charge in [0.15, 0.2) is 0 Å². The van der Waals surface area contributed by atoms with E-state index in [0.29, 0.717) is 32.1 Å². The van der Waals surface area contributed by atoms with Crippen LogP contribution in [0.1, 0.15) is 26.2 Å². The largest absolute Gasteiger partial charge is 0.383 e. The second kappa shape index (κ2) is 10.7. The Morgan fingerprint density at radius 2 is 1.96 bits per heavy atom. The first kappa shape index (κ1) is 22.9. The molecule has 0 aromatic rings. The zero-order valence-corrected chi connectivity index (χ0v) is 15.8. The molecule has 8 heteroatoms. The number of hydrogen-bond donors (Lipinski definition) is 1. The second-order valence-electron chi connectivity index (χ2n) is 6.11. The van der Waals surface area contributed by atoms with Gasteiger partial charge in [-0.15, -0.1) is 24.8 Å². The Balaban J connectivity index is 0.00000242. The molecule has 0 aliphatic carbocycles. The molecular formula is C15H31Cl2N3O3. The van der Waals surface area contributed by atoms with Gasteiger partial charge in [-0.2, -0.15) is 0 Å². The highest BCUT2D eigenvalue weighted by molar-refractivity contribution is 5.86. The van der Waals surface area contributed by atoms with Crippen molar-refractivity contribution in [2.24, 2.45) is 5.73 Å². The van der Waals surface area contributed by atoms with Crippen molar-refractivity contribution >= 4 is 30.7 Å². The minimum absolute atomic E-state index is 0. The Bertz CT molecular complexity index is 355. The van der Waals surface area contributed by atoms with Gasteiger partial charge in [0.05, 0.1) is 12.1 Å². The molecule has 2 fully saturated rings. The van der Waals surface area contributed by atoms with Crippen LogP contribution in [0.4, 0.5) is 0 Å². The van der Waals surface area contributed by atoms with Gasteiger partial charge >= 0.3 is 0 Å². The molecule has 2 rings (SSSR count). The number of nitrogens with two attached hydrogens (primary N) is 1. The van der Waals surface area contributed by atoms with E-state index >= 15 is 0 Å². The summed E-state index contributed by atoms with van der Waals surface area (Å²) < 4.78 is 10.5. The van der Waals surface area contributed by atoms with E-state index in [2.05, 4.69) is 11.8 Å². The van der Waals surface area contributed by atoms with Crippen LogP contribution in [0.3, 0.4) is 0 Å². The molecule has 2 saturated heterocycles. The third-order valence-electron chi connectivity index (χ3n) is 4.76. The first-order valence-corrected chi connectivity index (χ1v) is 7.99. The highest BCUT2D eigenvalue weighted by Gasteiger charge is 2.41. The van der Waals surface area contributed by atoms with Gasteiger partial charge in [0.25, 0.3) is 0 Å². The summed E-state index contributed by atoms with van der Waals surface area (Å²) in [5.41, 5.74) is 5.61. The third kappa shape index (κ3) is 5.73. The van der Waals surface area contributed by atoms with E-state index in [9.17, 15) is 4.79 Å². The molecule has 2 heterocycles. The minimum atomic E-state index is -0.717. The molecular weight excluding hydrogens is 341 g/mol. The standard InChI is InChI=1S/C15H29N3O3.2ClH/c1-3-13-12-18(7-6-17(13)8-11-20-2)14(19)15(16)4-9-21-10-5-15;;/h13H,3-12,16H2,1-2H3;2*1H. The van der Waals surface area contributed by atoms with E-state index in [1.54, 1.807) is 7.11 Å². The second-order valence-corrected chi connectivity index (χ2v) is 6.11. The molecule has 2 aliphatic heterocycles. The zero-order chi connectivity index (χ0) is 15.3. The first-order chi connectivity index (χ1) is 10.1. The van der Waals surface area contributed by atoms with Gasteiger partial charge in [-0.05, 0) is 19.3 Å². The Hall–Kier alpha value is -0.110. The fourth-order valence-corrected chi connectivity index (χ4v) is 3.23. The number of carbonyl (C=O) groups excluding carboxylic acids is 1. The number of ether oxygens (including phenoxy) is 2. The summed E-state index contributed by atoms with van der Waals surface area (Å²) in [7, 11) is 1.73. The summed E-state index contributed by atoms with van der Waals surface area (Å²) in [4.78, 5) is 17.1. The van der Waals surface area contributed by atoms with Crippen LogP contribution >= 0.6 is 24.8 Å². The lowest BCUT2D eigenvalue weighted by atomic mass is 9.89. The molecule has 0 bridgehead atoms. The molecule has 1 unspecified atom stereocenters. The van der Waals surface area contributed by atoms with Crippen molar-refractivity contribution in [2.75, 3.05) is 53.1 Å². The van der Waals surface area contributed by atoms with E-state index in [-0.39, 0.29) is 30.7 Å². The number of methoxy groups -OCH3 is 1. The van der Waals surface area contributed by atoms with Gasteiger partial charge in [0.1, 0.15) is 0 Å². The van der Waals surface area contributed by atoms with E-state index in [1.165, 1.54) is 0 Å². The van der Waals surface area contributed by atoms with Gasteiger partial charge < -0.3 is 20.1 Å². The maximum Gasteiger partial charge on any atom is 0.242 e. The Morgan fingerprint density at radius 3 is 2.52 bits per heavy atom. The molecule has 1 amide bonds. The molecule has 23 heavy (non-hydrogen) atoms. The van der Waals surface area contributed by atoms with Gasteiger partial charge in [0, 0.05) is 52.5 Å². The third-order valence-corrected chi connectivity index (χ3v) is 4.76. The number of amides is 1. The van der Waals surface area contributed by atoms with Crippen LogP contribution < -0.4 is 5.73 Å². The van der Waals surface area contributed by atoms with Crippen molar-refractivity contribution in [2.45, 2.75) is 37.8 Å². The summed E-state index contributed by atoms with van der Waals surface area (Å²) in [6, 6.07) is 0.404. The fourth-order valence-electron chi connectivity index (χ4n) is 3.23. The fraction of sp³-hybridized carbons (Fsp3) is 0.933. The molecule has 0 radical (unpaired) electrons. The summed E-state index contributed by atoms with van der Waals surface area (Å²) >= 11 is 0. The average Bonchev–Trinajstić information content (AvgIpc) is 2.52. The molecule has 0 saturated carbocycles. The van der Waals surface area contributed by atoms with Crippen molar-refractivity contribution < 1.29 is 14.3 Å². The Morgan fingerprint density at radius 1 is 1.30 bits per heavy atom. The zero-order valence-electron chi connectivity index (χ0n) is 14.2. The summed E-state index contributed by atoms with van der Waals surface area (Å²) in [6.07, 6.45) is 2.30. The summed E-state index contributed by atoms with van der Waals surface area (Å²) in [6.45, 7) is 7.46. The SMILES string of the molecule is CCC1CN(C(=O)C2(N)CCOCC2)CCN1CCOC.Cl.Cl. The molecule has 0 aromatic carbocycles. The smallest absolute Gasteiger partial charge is 0.242 e. The first-order valence-electron chi connectivity index (χ1n) is 7.99. The number of carbonyl (C=O) groups is 1. The van der Waals surface area contributed by atoms with Gasteiger partial charge in [-0.1, -0.05) is 6.92 Å². The molecule has 0 spiro atoms. The van der Waals surface area contributed by atoms with Crippen LogP contribution in [0.5, 0.6) is 0 Å². The summed E-state index contributed by atoms with van der Waals surface area (Å²) in [5, 5.41) is 0. The van der Waals surface area contributed by atoms with E-state index < -0.39 is 5.54 Å². The molecule has 138 valence electrons. The quantitative estimate of drug-likeness (QED) is 0.777. The van der Waals surface area contributed by atoms with Crippen LogP contribution in [-0.2, 0) is 14.3 Å². The van der Waals surface area contributed by atoms with Crippen LogP contribution in [0, 0.1) is 0 Å². The van der Waals surface area contributed by atoms with Crippen molar-refractivity contribution in [1.82, 2.24) is 9.80 Å². The van der Waals surface area contributed by atoms with E-state index in [0.717, 1.165) is 39.2 Å². The van der Waals surface area contributed by atoms with Crippen molar-refractivity contribution in [3.63, 3.8) is 0 Å². The lowest BCUT2D eigenvalue weighted by molar-refractivity contribution is -0.143. The predicted molar refractivity (Wildman–Crippen MR) is 95.6 cm³/mol. The molecule has 0 aromatic heterocycles. The van der Waals surface area contributed by atoms with Crippen molar-refractivity contribution in [3.05, 3.63) is 0 Å². The monoisotopic (exact) mass is 371 g/mol. The number of hydrogen-bond acceptors (Lipinski definition) is 5. The number of rotatable bonds is 5. The molecule has 2 aliphatic rings. The van der Waals surface area contributed by atoms with Crippen LogP contribution in [0.25, 0.3) is 0 Å². The lowest BCUT2D eigenvalue weighted by Crippen LogP contribution is -2.63. The van der Waals surface area contributed by atoms with Crippen LogP contribution in [-0.4, -0.2) is 80.4 Å². The van der Waals surface area contributed by atoms with E-state index in [1.807, 2.05) is 4.90 Å². The van der Waals surface area contributed by atoms with E-state index in [4.69, 9.17) is 15.2 Å². The van der Waals surface area contributed by atoms with Crippen LogP contribution in [0.2, 0.25) is 0 Å². The minimum Gasteiger partial charge on any atom is -0.383 e. The number of halogens is 2. The van der Waals surface area contributed by atoms with Crippen molar-refractivity contribution in [3.8, 4) is 0 Å². The topological polar surface area (TPSA) is 68.0 Å². The lowest BCUT2D eigenvalue weighted by Gasteiger charge is -2.44. The van der Waals surface area contributed by atoms with Gasteiger partial charge in [-0.25, -0.2) is 0 Å². The summed E-state index contributed by atoms with van der Waals surface area (Å²) in [5.74, 6) is 0.107. The van der Waals surface area contributed by atoms with Crippen molar-refractivity contribution in [1.29, 1.82) is 0 Å². The molecule has 1 atom stereocenters. The predicted octanol–water partition coefficient (Wildman–Crippen LogP) is 0.907.